The van der Waals surface area contributed by atoms with Crippen LogP contribution in [0.25, 0.3) is 0 Å². The molecule has 0 atom stereocenters. The lowest BCUT2D eigenvalue weighted by Gasteiger charge is -2.23. The monoisotopic (exact) mass is 323 g/mol. The Bertz CT molecular complexity index is 982. The van der Waals surface area contributed by atoms with E-state index in [4.69, 9.17) is 4.74 Å². The third kappa shape index (κ3) is 2.26. The molecule has 5 heteroatoms. The summed E-state index contributed by atoms with van der Waals surface area (Å²) in [5.74, 6) is 1.18. The van der Waals surface area contributed by atoms with Crippen molar-refractivity contribution in [3.8, 4) is 11.5 Å². The van der Waals surface area contributed by atoms with Crippen LogP contribution in [0.4, 0.5) is 11.4 Å². The molecule has 0 saturated carbocycles. The molecule has 23 heavy (non-hydrogen) atoms. The summed E-state index contributed by atoms with van der Waals surface area (Å²) in [6, 6.07) is 20.8. The Morgan fingerprint density at radius 1 is 0.739 bits per heavy atom. The molecule has 3 aromatic rings. The molecule has 0 unspecified atom stereocenters. The highest BCUT2D eigenvalue weighted by atomic mass is 32.2. The fraction of sp³-hybridized carbons (Fsp3) is 0. The smallest absolute Gasteiger partial charge is 0.208 e. The average Bonchev–Trinajstić information content (AvgIpc) is 2.60. The van der Waals surface area contributed by atoms with Crippen molar-refractivity contribution < 1.29 is 13.2 Å². The number of anilines is 2. The molecule has 4 nitrogen and oxygen atoms in total. The molecule has 0 aromatic heterocycles. The van der Waals surface area contributed by atoms with E-state index in [1.165, 1.54) is 0 Å². The van der Waals surface area contributed by atoms with Gasteiger partial charge in [0.05, 0.1) is 15.5 Å². The molecule has 0 saturated heterocycles. The Balaban J connectivity index is 1.88. The van der Waals surface area contributed by atoms with Crippen LogP contribution in [0, 0.1) is 0 Å². The van der Waals surface area contributed by atoms with E-state index in [2.05, 4.69) is 5.32 Å². The molecule has 1 heterocycles. The van der Waals surface area contributed by atoms with E-state index >= 15 is 0 Å². The first-order valence-electron chi connectivity index (χ1n) is 7.13. The number of hydrogen-bond donors (Lipinski definition) is 1. The molecule has 0 bridgehead atoms. The number of para-hydroxylation sites is 3. The maximum atomic E-state index is 12.9. The van der Waals surface area contributed by atoms with E-state index in [1.807, 2.05) is 24.3 Å². The van der Waals surface area contributed by atoms with Gasteiger partial charge in [0.25, 0.3) is 0 Å². The molecule has 0 radical (unpaired) electrons. The lowest BCUT2D eigenvalue weighted by molar-refractivity contribution is 0.479. The molecular formula is C18H13NO3S. The Morgan fingerprint density at radius 3 is 2.26 bits per heavy atom. The second-order valence-electron chi connectivity index (χ2n) is 5.17. The minimum atomic E-state index is -3.63. The van der Waals surface area contributed by atoms with Gasteiger partial charge in [-0.05, 0) is 36.4 Å². The predicted molar refractivity (Wildman–Crippen MR) is 88.1 cm³/mol. The van der Waals surface area contributed by atoms with Crippen LogP contribution in [-0.4, -0.2) is 8.42 Å². The first-order valence-corrected chi connectivity index (χ1v) is 8.62. The maximum absolute atomic E-state index is 12.9. The summed E-state index contributed by atoms with van der Waals surface area (Å²) in [5, 5.41) is 3.18. The molecule has 0 amide bonds. The van der Waals surface area contributed by atoms with Gasteiger partial charge < -0.3 is 10.1 Å². The molecule has 4 rings (SSSR count). The number of fused-ring (bicyclic) bond motifs is 2. The van der Waals surface area contributed by atoms with Crippen LogP contribution in [0.1, 0.15) is 0 Å². The van der Waals surface area contributed by atoms with Crippen molar-refractivity contribution in [3.05, 3.63) is 72.8 Å². The molecule has 1 aliphatic rings. The Hall–Kier alpha value is -2.79. The van der Waals surface area contributed by atoms with Crippen LogP contribution in [0.3, 0.4) is 0 Å². The summed E-state index contributed by atoms with van der Waals surface area (Å²) >= 11 is 0. The lowest BCUT2D eigenvalue weighted by Crippen LogP contribution is -2.09. The highest BCUT2D eigenvalue weighted by Gasteiger charge is 2.26. The highest BCUT2D eigenvalue weighted by molar-refractivity contribution is 7.91. The number of benzene rings is 3. The average molecular weight is 323 g/mol. The van der Waals surface area contributed by atoms with Gasteiger partial charge in [-0.2, -0.15) is 0 Å². The third-order valence-electron chi connectivity index (χ3n) is 3.70. The van der Waals surface area contributed by atoms with Crippen molar-refractivity contribution in [1.82, 2.24) is 0 Å². The zero-order valence-corrected chi connectivity index (χ0v) is 12.9. The van der Waals surface area contributed by atoms with Crippen LogP contribution >= 0.6 is 0 Å². The minimum absolute atomic E-state index is 0.204. The van der Waals surface area contributed by atoms with E-state index in [9.17, 15) is 8.42 Å². The summed E-state index contributed by atoms with van der Waals surface area (Å²) in [5.41, 5.74) is 1.21. The van der Waals surface area contributed by atoms with Crippen molar-refractivity contribution in [3.63, 3.8) is 0 Å². The number of hydrogen-bond acceptors (Lipinski definition) is 4. The summed E-state index contributed by atoms with van der Waals surface area (Å²) in [7, 11) is -3.63. The molecule has 0 spiro atoms. The summed E-state index contributed by atoms with van der Waals surface area (Å²) in [6.07, 6.45) is 0. The molecule has 0 fully saturated rings. The van der Waals surface area contributed by atoms with Gasteiger partial charge >= 0.3 is 0 Å². The van der Waals surface area contributed by atoms with Crippen molar-refractivity contribution in [2.45, 2.75) is 9.79 Å². The van der Waals surface area contributed by atoms with Gasteiger partial charge in [0.15, 0.2) is 11.5 Å². The van der Waals surface area contributed by atoms with E-state index in [-0.39, 0.29) is 9.79 Å². The number of ether oxygens (including phenoxy) is 1. The topological polar surface area (TPSA) is 55.4 Å². The highest BCUT2D eigenvalue weighted by Crippen LogP contribution is 2.45. The molecule has 0 aliphatic carbocycles. The van der Waals surface area contributed by atoms with E-state index in [0.29, 0.717) is 17.2 Å². The molecular weight excluding hydrogens is 310 g/mol. The minimum Gasteiger partial charge on any atom is -0.453 e. The van der Waals surface area contributed by atoms with Crippen molar-refractivity contribution in [1.29, 1.82) is 0 Å². The fourth-order valence-electron chi connectivity index (χ4n) is 2.58. The van der Waals surface area contributed by atoms with Gasteiger partial charge in [0.2, 0.25) is 9.84 Å². The normalized spacial score (nSPS) is 12.5. The first kappa shape index (κ1) is 13.8. The summed E-state index contributed by atoms with van der Waals surface area (Å²) < 4.78 is 31.7. The Morgan fingerprint density at radius 2 is 1.43 bits per heavy atom. The van der Waals surface area contributed by atoms with Gasteiger partial charge in [-0.25, -0.2) is 8.42 Å². The Kier molecular flexibility index (Phi) is 3.09. The first-order chi connectivity index (χ1) is 11.2. The summed E-state index contributed by atoms with van der Waals surface area (Å²) in [6.45, 7) is 0. The second kappa shape index (κ2) is 5.14. The number of nitrogens with one attached hydrogen (secondary N) is 1. The number of sulfone groups is 1. The van der Waals surface area contributed by atoms with E-state index < -0.39 is 9.84 Å². The standard InChI is InChI=1S/C18H13NO3S/c20-23(21,13-7-2-1-3-8-13)17-12-6-11-16-18(17)19-14-9-4-5-10-15(14)22-16/h1-12,19H. The maximum Gasteiger partial charge on any atom is 0.208 e. The quantitative estimate of drug-likeness (QED) is 0.595. The number of rotatable bonds is 2. The molecule has 1 N–H and O–H groups in total. The zero-order chi connectivity index (χ0) is 15.9. The van der Waals surface area contributed by atoms with Crippen LogP contribution in [0.15, 0.2) is 82.6 Å². The van der Waals surface area contributed by atoms with Crippen molar-refractivity contribution in [2.24, 2.45) is 0 Å². The van der Waals surface area contributed by atoms with Gasteiger partial charge in [-0.15, -0.1) is 0 Å². The predicted octanol–water partition coefficient (Wildman–Crippen LogP) is 4.37. The van der Waals surface area contributed by atoms with Crippen molar-refractivity contribution >= 4 is 21.2 Å². The van der Waals surface area contributed by atoms with Gasteiger partial charge in [-0.1, -0.05) is 36.4 Å². The van der Waals surface area contributed by atoms with Gasteiger partial charge in [0.1, 0.15) is 5.69 Å². The fourth-order valence-corrected chi connectivity index (χ4v) is 4.03. The van der Waals surface area contributed by atoms with E-state index in [0.717, 1.165) is 5.69 Å². The van der Waals surface area contributed by atoms with Crippen molar-refractivity contribution in [2.75, 3.05) is 5.32 Å². The second-order valence-corrected chi connectivity index (χ2v) is 7.09. The molecule has 114 valence electrons. The van der Waals surface area contributed by atoms with Crippen LogP contribution in [0.5, 0.6) is 11.5 Å². The molecule has 3 aromatic carbocycles. The SMILES string of the molecule is O=S(=O)(c1ccccc1)c1cccc2c1Nc1ccccc1O2. The zero-order valence-electron chi connectivity index (χ0n) is 12.1. The van der Waals surface area contributed by atoms with Gasteiger partial charge in [0, 0.05) is 0 Å². The molecule has 1 aliphatic heterocycles. The van der Waals surface area contributed by atoms with E-state index in [1.54, 1.807) is 48.5 Å². The summed E-state index contributed by atoms with van der Waals surface area (Å²) in [4.78, 5) is 0.463. The van der Waals surface area contributed by atoms with Gasteiger partial charge in [-0.3, -0.25) is 0 Å². The largest absolute Gasteiger partial charge is 0.453 e. The van der Waals surface area contributed by atoms with Crippen LogP contribution < -0.4 is 10.1 Å². The lowest BCUT2D eigenvalue weighted by atomic mass is 10.2. The third-order valence-corrected chi connectivity index (χ3v) is 5.51. The van der Waals surface area contributed by atoms with Crippen LogP contribution in [-0.2, 0) is 9.84 Å². The Labute approximate surface area is 134 Å². The van der Waals surface area contributed by atoms with Crippen LogP contribution in [0.2, 0.25) is 0 Å².